The monoisotopic (exact) mass is 281 g/mol. The number of thioether (sulfide) groups is 1. The van der Waals surface area contributed by atoms with Crippen LogP contribution in [0.3, 0.4) is 0 Å². The molecule has 19 heavy (non-hydrogen) atoms. The molecule has 0 saturated heterocycles. The van der Waals surface area contributed by atoms with E-state index in [-0.39, 0.29) is 6.03 Å². The number of hydrogen-bond donors (Lipinski definition) is 3. The quantitative estimate of drug-likeness (QED) is 0.674. The first-order valence-corrected chi connectivity index (χ1v) is 7.94. The first-order chi connectivity index (χ1) is 9.17. The molecule has 4 nitrogen and oxygen atoms in total. The molecule has 0 saturated carbocycles. The van der Waals surface area contributed by atoms with Crippen molar-refractivity contribution in [3.63, 3.8) is 0 Å². The summed E-state index contributed by atoms with van der Waals surface area (Å²) in [5.41, 5.74) is 2.03. The molecular formula is C14H23N3OS. The van der Waals surface area contributed by atoms with Crippen LogP contribution in [-0.4, -0.2) is 31.1 Å². The number of carbonyl (C=O) groups excluding carboxylic acids is 1. The van der Waals surface area contributed by atoms with Crippen molar-refractivity contribution in [2.24, 2.45) is 0 Å². The van der Waals surface area contributed by atoms with Gasteiger partial charge >= 0.3 is 6.03 Å². The molecule has 1 aromatic carbocycles. The third-order valence-electron chi connectivity index (χ3n) is 2.77. The lowest BCUT2D eigenvalue weighted by Crippen LogP contribution is -2.30. The van der Waals surface area contributed by atoms with Gasteiger partial charge < -0.3 is 16.0 Å². The van der Waals surface area contributed by atoms with Crippen LogP contribution in [0.1, 0.15) is 25.5 Å². The summed E-state index contributed by atoms with van der Waals surface area (Å²) in [6, 6.07) is 8.10. The van der Waals surface area contributed by atoms with Gasteiger partial charge in [-0.05, 0) is 37.4 Å². The first-order valence-electron chi connectivity index (χ1n) is 6.54. The first kappa shape index (κ1) is 15.9. The number of urea groups is 1. The summed E-state index contributed by atoms with van der Waals surface area (Å²) < 4.78 is 0. The summed E-state index contributed by atoms with van der Waals surface area (Å²) in [7, 11) is 0. The van der Waals surface area contributed by atoms with E-state index in [4.69, 9.17) is 0 Å². The number of hydrogen-bond acceptors (Lipinski definition) is 3. The Morgan fingerprint density at radius 2 is 2.00 bits per heavy atom. The van der Waals surface area contributed by atoms with E-state index in [1.807, 2.05) is 30.5 Å². The van der Waals surface area contributed by atoms with Crippen LogP contribution in [0.25, 0.3) is 0 Å². The summed E-state index contributed by atoms with van der Waals surface area (Å²) in [6.45, 7) is 5.84. The Morgan fingerprint density at radius 1 is 1.32 bits per heavy atom. The maximum absolute atomic E-state index is 11.6. The number of rotatable bonds is 7. The zero-order valence-electron chi connectivity index (χ0n) is 11.8. The highest BCUT2D eigenvalue weighted by Crippen LogP contribution is 2.15. The summed E-state index contributed by atoms with van der Waals surface area (Å²) in [5.74, 6) is 0.923. The van der Waals surface area contributed by atoms with Crippen molar-refractivity contribution < 1.29 is 4.79 Å². The van der Waals surface area contributed by atoms with Gasteiger partial charge in [-0.1, -0.05) is 19.1 Å². The van der Waals surface area contributed by atoms with Gasteiger partial charge in [0.15, 0.2) is 0 Å². The Labute approximate surface area is 119 Å². The number of anilines is 1. The normalized spacial score (nSPS) is 11.9. The highest BCUT2D eigenvalue weighted by atomic mass is 32.2. The van der Waals surface area contributed by atoms with E-state index in [9.17, 15) is 4.79 Å². The Kier molecular flexibility index (Phi) is 7.36. The standard InChI is InChI=1S/C14H23N3OS/c1-4-15-11(2)12-5-7-13(8-6-12)17-14(18)16-9-10-19-3/h5-8,11,15H,4,9-10H2,1-3H3,(H2,16,17,18). The van der Waals surface area contributed by atoms with Crippen molar-refractivity contribution >= 4 is 23.5 Å². The molecule has 1 rings (SSSR count). The predicted molar refractivity (Wildman–Crippen MR) is 83.9 cm³/mol. The van der Waals surface area contributed by atoms with E-state index in [1.54, 1.807) is 11.8 Å². The van der Waals surface area contributed by atoms with E-state index in [0.717, 1.165) is 18.0 Å². The number of nitrogens with one attached hydrogen (secondary N) is 3. The Balaban J connectivity index is 2.45. The van der Waals surface area contributed by atoms with Crippen LogP contribution >= 0.6 is 11.8 Å². The van der Waals surface area contributed by atoms with Crippen molar-refractivity contribution in [1.29, 1.82) is 0 Å². The fourth-order valence-electron chi connectivity index (χ4n) is 1.72. The topological polar surface area (TPSA) is 53.2 Å². The van der Waals surface area contributed by atoms with Gasteiger partial charge in [0, 0.05) is 24.0 Å². The van der Waals surface area contributed by atoms with Gasteiger partial charge in [0.2, 0.25) is 0 Å². The molecule has 1 aromatic rings. The van der Waals surface area contributed by atoms with Gasteiger partial charge in [-0.2, -0.15) is 11.8 Å². The minimum absolute atomic E-state index is 0.151. The van der Waals surface area contributed by atoms with Crippen LogP contribution in [0.5, 0.6) is 0 Å². The average Bonchev–Trinajstić information content (AvgIpc) is 2.40. The molecule has 0 spiro atoms. The molecule has 0 bridgehead atoms. The van der Waals surface area contributed by atoms with Gasteiger partial charge in [0.05, 0.1) is 0 Å². The molecular weight excluding hydrogens is 258 g/mol. The molecule has 0 aliphatic heterocycles. The Hall–Kier alpha value is -1.20. The molecule has 1 atom stereocenters. The van der Waals surface area contributed by atoms with Crippen LogP contribution in [0, 0.1) is 0 Å². The number of amides is 2. The third-order valence-corrected chi connectivity index (χ3v) is 3.38. The van der Waals surface area contributed by atoms with Crippen molar-refractivity contribution in [1.82, 2.24) is 10.6 Å². The summed E-state index contributed by atoms with van der Waals surface area (Å²) in [6.07, 6.45) is 2.02. The van der Waals surface area contributed by atoms with Gasteiger partial charge in [0.1, 0.15) is 0 Å². The number of carbonyl (C=O) groups is 1. The second kappa shape index (κ2) is 8.82. The Morgan fingerprint density at radius 3 is 2.58 bits per heavy atom. The summed E-state index contributed by atoms with van der Waals surface area (Å²) in [4.78, 5) is 11.6. The van der Waals surface area contributed by atoms with E-state index >= 15 is 0 Å². The minimum Gasteiger partial charge on any atom is -0.337 e. The molecule has 0 radical (unpaired) electrons. The molecule has 0 aliphatic carbocycles. The van der Waals surface area contributed by atoms with Gasteiger partial charge in [-0.3, -0.25) is 0 Å². The highest BCUT2D eigenvalue weighted by molar-refractivity contribution is 7.98. The molecule has 3 N–H and O–H groups in total. The molecule has 2 amide bonds. The predicted octanol–water partition coefficient (Wildman–Crippen LogP) is 2.84. The van der Waals surface area contributed by atoms with Crippen LogP contribution < -0.4 is 16.0 Å². The van der Waals surface area contributed by atoms with Gasteiger partial charge in [-0.15, -0.1) is 0 Å². The molecule has 0 fully saturated rings. The lowest BCUT2D eigenvalue weighted by molar-refractivity contribution is 0.252. The van der Waals surface area contributed by atoms with E-state index < -0.39 is 0 Å². The van der Waals surface area contributed by atoms with Crippen LogP contribution in [0.2, 0.25) is 0 Å². The fraction of sp³-hybridized carbons (Fsp3) is 0.500. The fourth-order valence-corrected chi connectivity index (χ4v) is 2.03. The molecule has 1 unspecified atom stereocenters. The lowest BCUT2D eigenvalue weighted by atomic mass is 10.1. The molecule has 0 heterocycles. The number of benzene rings is 1. The van der Waals surface area contributed by atoms with E-state index in [1.165, 1.54) is 5.56 Å². The molecule has 106 valence electrons. The van der Waals surface area contributed by atoms with Crippen molar-refractivity contribution in [2.45, 2.75) is 19.9 Å². The highest BCUT2D eigenvalue weighted by Gasteiger charge is 2.04. The maximum Gasteiger partial charge on any atom is 0.319 e. The van der Waals surface area contributed by atoms with Crippen molar-refractivity contribution in [3.8, 4) is 0 Å². The maximum atomic E-state index is 11.6. The zero-order chi connectivity index (χ0) is 14.1. The van der Waals surface area contributed by atoms with Crippen LogP contribution in [0.4, 0.5) is 10.5 Å². The second-order valence-electron chi connectivity index (χ2n) is 4.28. The summed E-state index contributed by atoms with van der Waals surface area (Å²) >= 11 is 1.71. The smallest absolute Gasteiger partial charge is 0.319 e. The van der Waals surface area contributed by atoms with E-state index in [0.29, 0.717) is 12.6 Å². The second-order valence-corrected chi connectivity index (χ2v) is 5.26. The largest absolute Gasteiger partial charge is 0.337 e. The summed E-state index contributed by atoms with van der Waals surface area (Å²) in [5, 5.41) is 8.98. The average molecular weight is 281 g/mol. The van der Waals surface area contributed by atoms with Crippen LogP contribution in [-0.2, 0) is 0 Å². The minimum atomic E-state index is -0.151. The Bertz CT molecular complexity index is 381. The van der Waals surface area contributed by atoms with Crippen LogP contribution in [0.15, 0.2) is 24.3 Å². The van der Waals surface area contributed by atoms with Crippen molar-refractivity contribution in [3.05, 3.63) is 29.8 Å². The van der Waals surface area contributed by atoms with Gasteiger partial charge in [-0.25, -0.2) is 4.79 Å². The lowest BCUT2D eigenvalue weighted by Gasteiger charge is -2.13. The molecule has 5 heteroatoms. The molecule has 0 aromatic heterocycles. The van der Waals surface area contributed by atoms with Crippen molar-refractivity contribution in [2.75, 3.05) is 30.4 Å². The zero-order valence-corrected chi connectivity index (χ0v) is 12.6. The SMILES string of the molecule is CCNC(C)c1ccc(NC(=O)NCCSC)cc1. The third kappa shape index (κ3) is 5.98. The van der Waals surface area contributed by atoms with Gasteiger partial charge in [0.25, 0.3) is 0 Å². The molecule has 0 aliphatic rings. The van der Waals surface area contributed by atoms with E-state index in [2.05, 4.69) is 29.8 Å².